The van der Waals surface area contributed by atoms with E-state index in [2.05, 4.69) is 5.32 Å². The number of nitrogens with zero attached hydrogens (tertiary/aromatic N) is 2. The second kappa shape index (κ2) is 4.78. The molecule has 1 saturated carbocycles. The van der Waals surface area contributed by atoms with Crippen molar-refractivity contribution in [1.82, 2.24) is 5.32 Å². The van der Waals surface area contributed by atoms with Crippen LogP contribution in [0, 0.1) is 39.9 Å². The van der Waals surface area contributed by atoms with Gasteiger partial charge in [0.15, 0.2) is 0 Å². The highest BCUT2D eigenvalue weighted by atomic mass is 16.2. The van der Waals surface area contributed by atoms with Crippen LogP contribution in [0.25, 0.3) is 0 Å². The molecule has 1 heterocycles. The van der Waals surface area contributed by atoms with E-state index in [0.717, 1.165) is 25.7 Å². The third-order valence-electron chi connectivity index (χ3n) is 4.21. The fourth-order valence-corrected chi connectivity index (χ4v) is 3.29. The number of nitrogens with one attached hydrogen (secondary N) is 1. The maximum Gasteiger partial charge on any atom is 0.244 e. The molecule has 1 spiro atoms. The van der Waals surface area contributed by atoms with Gasteiger partial charge in [0, 0.05) is 5.41 Å². The smallest absolute Gasteiger partial charge is 0.244 e. The van der Waals surface area contributed by atoms with Crippen LogP contribution in [0.5, 0.6) is 0 Å². The lowest BCUT2D eigenvalue weighted by Gasteiger charge is -2.42. The number of nitriles is 2. The molecule has 94 valence electrons. The van der Waals surface area contributed by atoms with Crippen LogP contribution in [-0.4, -0.2) is 11.8 Å². The molecule has 2 fully saturated rings. The average molecular weight is 245 g/mol. The fraction of sp³-hybridized carbons (Fsp3) is 0.692. The minimum absolute atomic E-state index is 0.532. The Morgan fingerprint density at radius 2 is 1.39 bits per heavy atom. The maximum atomic E-state index is 11.8. The topological polar surface area (TPSA) is 93.8 Å². The molecule has 1 aliphatic carbocycles. The van der Waals surface area contributed by atoms with Crippen LogP contribution in [0.1, 0.15) is 38.5 Å². The van der Waals surface area contributed by atoms with Gasteiger partial charge >= 0.3 is 0 Å². The lowest BCUT2D eigenvalue weighted by Crippen LogP contribution is -2.57. The van der Waals surface area contributed by atoms with Crippen molar-refractivity contribution < 1.29 is 9.59 Å². The number of carbonyl (C=O) groups excluding carboxylic acids is 2. The molecule has 0 radical (unpaired) electrons. The number of imide groups is 1. The van der Waals surface area contributed by atoms with Gasteiger partial charge in [-0.2, -0.15) is 10.5 Å². The first-order valence-corrected chi connectivity index (χ1v) is 6.29. The number of hydrogen-bond acceptors (Lipinski definition) is 4. The summed E-state index contributed by atoms with van der Waals surface area (Å²) in [6.45, 7) is 0. The second-order valence-corrected chi connectivity index (χ2v) is 5.13. The highest BCUT2D eigenvalue weighted by Gasteiger charge is 2.55. The van der Waals surface area contributed by atoms with Gasteiger partial charge in [0.25, 0.3) is 0 Å². The molecule has 5 heteroatoms. The van der Waals surface area contributed by atoms with E-state index in [1.807, 2.05) is 12.1 Å². The molecule has 0 aromatic rings. The van der Waals surface area contributed by atoms with Crippen molar-refractivity contribution in [2.24, 2.45) is 17.3 Å². The minimum atomic E-state index is -0.877. The van der Waals surface area contributed by atoms with Crippen molar-refractivity contribution in [2.75, 3.05) is 0 Å². The molecule has 1 N–H and O–H groups in total. The monoisotopic (exact) mass is 245 g/mol. The number of hydrogen-bond donors (Lipinski definition) is 1. The molecular formula is C13H15N3O2. The molecule has 0 bridgehead atoms. The number of amides is 2. The van der Waals surface area contributed by atoms with Crippen molar-refractivity contribution in [3.8, 4) is 12.1 Å². The minimum Gasteiger partial charge on any atom is -0.294 e. The van der Waals surface area contributed by atoms with Gasteiger partial charge in [0.1, 0.15) is 11.8 Å². The van der Waals surface area contributed by atoms with Crippen LogP contribution >= 0.6 is 0 Å². The maximum absolute atomic E-state index is 11.8. The first kappa shape index (κ1) is 12.6. The Morgan fingerprint density at radius 1 is 0.944 bits per heavy atom. The Bertz CT molecular complexity index is 416. The summed E-state index contributed by atoms with van der Waals surface area (Å²) in [6.07, 6.45) is 5.04. The fourth-order valence-electron chi connectivity index (χ4n) is 3.29. The highest BCUT2D eigenvalue weighted by molar-refractivity contribution is 6.03. The van der Waals surface area contributed by atoms with Gasteiger partial charge in [-0.25, -0.2) is 0 Å². The standard InChI is InChI=1S/C13H15N3O2/c14-7-9-11(17)16-12(18)10(8-15)13(9)5-3-1-2-4-6-13/h9-10H,1-6H2,(H,16,17,18)/t9-,10-/m1/s1. The van der Waals surface area contributed by atoms with Gasteiger partial charge in [-0.3, -0.25) is 14.9 Å². The van der Waals surface area contributed by atoms with Crippen LogP contribution in [0.15, 0.2) is 0 Å². The summed E-state index contributed by atoms with van der Waals surface area (Å²) in [5.41, 5.74) is -0.764. The zero-order chi connectivity index (χ0) is 13.2. The third-order valence-corrected chi connectivity index (χ3v) is 4.21. The number of piperidine rings is 1. The van der Waals surface area contributed by atoms with E-state index in [0.29, 0.717) is 12.8 Å². The molecular weight excluding hydrogens is 230 g/mol. The lowest BCUT2D eigenvalue weighted by molar-refractivity contribution is -0.145. The second-order valence-electron chi connectivity index (χ2n) is 5.13. The molecule has 2 rings (SSSR count). The van der Waals surface area contributed by atoms with Crippen LogP contribution in [0.2, 0.25) is 0 Å². The summed E-state index contributed by atoms with van der Waals surface area (Å²) in [6, 6.07) is 4.02. The summed E-state index contributed by atoms with van der Waals surface area (Å²) < 4.78 is 0. The summed E-state index contributed by atoms with van der Waals surface area (Å²) in [4.78, 5) is 23.6. The predicted molar refractivity (Wildman–Crippen MR) is 61.5 cm³/mol. The van der Waals surface area contributed by atoms with Gasteiger partial charge < -0.3 is 0 Å². The van der Waals surface area contributed by atoms with Gasteiger partial charge in [0.2, 0.25) is 11.8 Å². The van der Waals surface area contributed by atoms with E-state index in [9.17, 15) is 20.1 Å². The molecule has 0 aromatic heterocycles. The summed E-state index contributed by atoms with van der Waals surface area (Å²) in [7, 11) is 0. The van der Waals surface area contributed by atoms with Crippen LogP contribution in [-0.2, 0) is 9.59 Å². The molecule has 18 heavy (non-hydrogen) atoms. The van der Waals surface area contributed by atoms with E-state index in [-0.39, 0.29) is 0 Å². The zero-order valence-electron chi connectivity index (χ0n) is 10.1. The molecule has 0 unspecified atom stereocenters. The molecule has 2 atom stereocenters. The summed E-state index contributed by atoms with van der Waals surface area (Å²) in [5.74, 6) is -2.82. The molecule has 0 aromatic carbocycles. The third kappa shape index (κ3) is 1.76. The average Bonchev–Trinajstić information content (AvgIpc) is 2.56. The Hall–Kier alpha value is -1.88. The molecule has 1 aliphatic heterocycles. The van der Waals surface area contributed by atoms with Crippen molar-refractivity contribution in [3.63, 3.8) is 0 Å². The largest absolute Gasteiger partial charge is 0.294 e. The van der Waals surface area contributed by atoms with Gasteiger partial charge in [-0.1, -0.05) is 25.7 Å². The first-order chi connectivity index (χ1) is 8.65. The van der Waals surface area contributed by atoms with E-state index in [1.54, 1.807) is 0 Å². The van der Waals surface area contributed by atoms with Crippen LogP contribution in [0.3, 0.4) is 0 Å². The van der Waals surface area contributed by atoms with Gasteiger partial charge in [0.05, 0.1) is 12.1 Å². The van der Waals surface area contributed by atoms with Crippen molar-refractivity contribution in [1.29, 1.82) is 10.5 Å². The lowest BCUT2D eigenvalue weighted by atomic mass is 9.60. The highest BCUT2D eigenvalue weighted by Crippen LogP contribution is 2.49. The normalized spacial score (nSPS) is 31.0. The van der Waals surface area contributed by atoms with E-state index in [4.69, 9.17) is 0 Å². The quantitative estimate of drug-likeness (QED) is 0.650. The summed E-state index contributed by atoms with van der Waals surface area (Å²) >= 11 is 0. The molecule has 2 aliphatic rings. The molecule has 2 amide bonds. The van der Waals surface area contributed by atoms with Crippen molar-refractivity contribution >= 4 is 11.8 Å². The van der Waals surface area contributed by atoms with Crippen molar-refractivity contribution in [2.45, 2.75) is 38.5 Å². The van der Waals surface area contributed by atoms with Gasteiger partial charge in [-0.15, -0.1) is 0 Å². The van der Waals surface area contributed by atoms with E-state index in [1.165, 1.54) is 0 Å². The Labute approximate surface area is 106 Å². The number of rotatable bonds is 0. The van der Waals surface area contributed by atoms with E-state index < -0.39 is 29.1 Å². The Balaban J connectivity index is 2.46. The van der Waals surface area contributed by atoms with E-state index >= 15 is 0 Å². The SMILES string of the molecule is N#C[C@@H]1C(=O)NC(=O)[C@@H](C#N)C12CCCCCC2. The van der Waals surface area contributed by atoms with Crippen LogP contribution < -0.4 is 5.32 Å². The first-order valence-electron chi connectivity index (χ1n) is 6.29. The Kier molecular flexibility index (Phi) is 3.34. The zero-order valence-corrected chi connectivity index (χ0v) is 10.1. The van der Waals surface area contributed by atoms with Crippen molar-refractivity contribution in [3.05, 3.63) is 0 Å². The predicted octanol–water partition coefficient (Wildman–Crippen LogP) is 1.26. The van der Waals surface area contributed by atoms with Gasteiger partial charge in [-0.05, 0) is 12.8 Å². The Morgan fingerprint density at radius 3 is 1.78 bits per heavy atom. The molecule has 5 nitrogen and oxygen atoms in total. The summed E-state index contributed by atoms with van der Waals surface area (Å²) in [5, 5.41) is 20.6. The molecule has 1 saturated heterocycles. The van der Waals surface area contributed by atoms with Crippen LogP contribution in [0.4, 0.5) is 0 Å². The number of carbonyl (C=O) groups is 2.